The van der Waals surface area contributed by atoms with Gasteiger partial charge in [-0.25, -0.2) is 4.79 Å². The van der Waals surface area contributed by atoms with Crippen LogP contribution in [0.4, 0.5) is 0 Å². The Morgan fingerprint density at radius 2 is 1.91 bits per heavy atom. The maximum Gasteiger partial charge on any atom is 0.338 e. The van der Waals surface area contributed by atoms with Crippen LogP contribution < -0.4 is 4.74 Å². The molecule has 0 spiro atoms. The van der Waals surface area contributed by atoms with Crippen molar-refractivity contribution in [1.29, 1.82) is 0 Å². The second-order valence-electron chi connectivity index (χ2n) is 11.3. The zero-order valence-electron chi connectivity index (χ0n) is 24.4. The molecule has 3 heterocycles. The van der Waals surface area contributed by atoms with Crippen LogP contribution in [0.25, 0.3) is 10.4 Å². The Morgan fingerprint density at radius 3 is 2.55 bits per heavy atom. The Hall–Kier alpha value is -3.18. The van der Waals surface area contributed by atoms with Gasteiger partial charge in [0, 0.05) is 17.4 Å². The first-order chi connectivity index (χ1) is 21.0. The third kappa shape index (κ3) is 6.73. The van der Waals surface area contributed by atoms with E-state index in [-0.39, 0.29) is 17.1 Å². The number of esters is 1. The Bertz CT molecular complexity index is 1230. The van der Waals surface area contributed by atoms with Crippen molar-refractivity contribution < 1.29 is 63.9 Å². The minimum Gasteiger partial charge on any atom is -0.504 e. The molecule has 1 aliphatic carbocycles. The minimum atomic E-state index is -1.66. The van der Waals surface area contributed by atoms with Gasteiger partial charge < -0.3 is 59.1 Å². The van der Waals surface area contributed by atoms with Crippen LogP contribution in [0, 0.1) is 17.8 Å². The maximum atomic E-state index is 12.9. The van der Waals surface area contributed by atoms with Crippen molar-refractivity contribution in [2.45, 2.75) is 75.1 Å². The van der Waals surface area contributed by atoms with Gasteiger partial charge in [0.2, 0.25) is 6.29 Å². The third-order valence-corrected chi connectivity index (χ3v) is 8.13. The van der Waals surface area contributed by atoms with Gasteiger partial charge in [0.25, 0.3) is 0 Å². The fourth-order valence-corrected chi connectivity index (χ4v) is 5.65. The van der Waals surface area contributed by atoms with Crippen LogP contribution >= 0.6 is 0 Å². The standard InChI is InChI=1S/C23H28O13.C5H11N3/c1-31-12-6-9(2-3-11(12)26)20(30)34-18-10-4-5-32-21(14(10)23(8-25)19(18)36-23)35-22-17(29)16(28)15(27)13(7-24)33-22;1-5(2)3-4-7-8-6/h2-6,10,13-19,21-22,24-29H,7-8H2,1H3;5H,3-4H2,1-2H3/t10-,13-,14-,15?,16+,17?,18+,19+,21+,22+,23+;/m1./s1. The summed E-state index contributed by atoms with van der Waals surface area (Å²) in [6, 6.07) is 4.02. The SMILES string of the molecule is CC(C)CCN=[N+]=[N-].COc1cc(C(=O)O[C@H]2[C@@H]3C=CO[C@@H](O[C@@H]4O[C@H](CO)C(O)[C@H](O)C4O)[C@@H]3[C@]3(CO)O[C@@H]23)ccc1O. The Labute approximate surface area is 252 Å². The van der Waals surface area contributed by atoms with E-state index in [2.05, 4.69) is 23.9 Å². The van der Waals surface area contributed by atoms with Crippen LogP contribution in [0.5, 0.6) is 11.5 Å². The van der Waals surface area contributed by atoms with Crippen LogP contribution in [0.3, 0.4) is 0 Å². The number of fused-ring (bicyclic) bond motifs is 3. The number of aliphatic hydroxyl groups excluding tert-OH is 5. The van der Waals surface area contributed by atoms with Gasteiger partial charge in [0.1, 0.15) is 42.2 Å². The molecule has 244 valence electrons. The number of azide groups is 1. The zero-order chi connectivity index (χ0) is 32.2. The normalized spacial score (nSPS) is 36.6. The van der Waals surface area contributed by atoms with E-state index in [0.717, 1.165) is 6.42 Å². The fraction of sp³-hybridized carbons (Fsp3) is 0.679. The Morgan fingerprint density at radius 1 is 1.16 bits per heavy atom. The van der Waals surface area contributed by atoms with E-state index in [4.69, 9.17) is 34.0 Å². The van der Waals surface area contributed by atoms with E-state index < -0.39 is 85.8 Å². The maximum absolute atomic E-state index is 12.9. The monoisotopic (exact) mass is 625 g/mol. The molecule has 44 heavy (non-hydrogen) atoms. The van der Waals surface area contributed by atoms with Crippen molar-refractivity contribution in [2.75, 3.05) is 26.9 Å². The van der Waals surface area contributed by atoms with Gasteiger partial charge in [0.05, 0.1) is 38.1 Å². The second kappa shape index (κ2) is 14.3. The third-order valence-electron chi connectivity index (χ3n) is 8.13. The minimum absolute atomic E-state index is 0.0973. The predicted molar refractivity (Wildman–Crippen MR) is 148 cm³/mol. The first kappa shape index (κ1) is 33.7. The summed E-state index contributed by atoms with van der Waals surface area (Å²) >= 11 is 0. The van der Waals surface area contributed by atoms with Crippen LogP contribution in [0.15, 0.2) is 35.7 Å². The van der Waals surface area contributed by atoms with Crippen LogP contribution in [-0.4, -0.2) is 118 Å². The molecule has 16 heteroatoms. The largest absolute Gasteiger partial charge is 0.504 e. The van der Waals surface area contributed by atoms with Crippen LogP contribution in [-0.2, 0) is 23.7 Å². The number of methoxy groups -OCH3 is 1. The number of benzene rings is 1. The molecule has 6 N–H and O–H groups in total. The number of aromatic hydroxyl groups is 1. The van der Waals surface area contributed by atoms with Crippen molar-refractivity contribution in [1.82, 2.24) is 0 Å². The van der Waals surface area contributed by atoms with E-state index in [9.17, 15) is 35.4 Å². The summed E-state index contributed by atoms with van der Waals surface area (Å²) in [6.07, 6.45) is -6.20. The predicted octanol–water partition coefficient (Wildman–Crippen LogP) is 0.331. The lowest BCUT2D eigenvalue weighted by Crippen LogP contribution is -2.60. The summed E-state index contributed by atoms with van der Waals surface area (Å²) in [7, 11) is 1.35. The first-order valence-electron chi connectivity index (χ1n) is 14.2. The van der Waals surface area contributed by atoms with Gasteiger partial charge >= 0.3 is 5.97 Å². The van der Waals surface area contributed by atoms with Crippen molar-refractivity contribution in [2.24, 2.45) is 22.9 Å². The summed E-state index contributed by atoms with van der Waals surface area (Å²) < 4.78 is 33.4. The molecule has 2 saturated heterocycles. The summed E-state index contributed by atoms with van der Waals surface area (Å²) in [5, 5.41) is 63.2. The quantitative estimate of drug-likeness (QED) is 0.0675. The Kier molecular flexibility index (Phi) is 10.9. The lowest BCUT2D eigenvalue weighted by atomic mass is 9.85. The van der Waals surface area contributed by atoms with E-state index in [1.807, 2.05) is 0 Å². The molecular formula is C28H39N3O13. The molecule has 0 bridgehead atoms. The molecule has 3 fully saturated rings. The van der Waals surface area contributed by atoms with E-state index >= 15 is 0 Å². The van der Waals surface area contributed by atoms with Gasteiger partial charge in [-0.3, -0.25) is 0 Å². The molecule has 1 aromatic rings. The van der Waals surface area contributed by atoms with Crippen molar-refractivity contribution in [3.8, 4) is 11.5 Å². The average molecular weight is 626 g/mol. The zero-order valence-corrected chi connectivity index (χ0v) is 24.4. The number of rotatable bonds is 10. The highest BCUT2D eigenvalue weighted by Gasteiger charge is 2.77. The van der Waals surface area contributed by atoms with E-state index in [1.54, 1.807) is 6.08 Å². The number of phenols is 1. The molecule has 5 rings (SSSR count). The number of ether oxygens (including phenoxy) is 6. The number of aliphatic hydroxyl groups is 5. The van der Waals surface area contributed by atoms with Crippen molar-refractivity contribution >= 4 is 5.97 Å². The molecule has 2 unspecified atom stereocenters. The van der Waals surface area contributed by atoms with Crippen molar-refractivity contribution in [3.05, 3.63) is 46.5 Å². The fourth-order valence-electron chi connectivity index (χ4n) is 5.65. The number of phenolic OH excluding ortho intramolecular Hbond substituents is 1. The smallest absolute Gasteiger partial charge is 0.338 e. The van der Waals surface area contributed by atoms with Crippen LogP contribution in [0.1, 0.15) is 30.6 Å². The highest BCUT2D eigenvalue weighted by atomic mass is 16.8. The van der Waals surface area contributed by atoms with Gasteiger partial charge in [-0.05, 0) is 42.1 Å². The molecular weight excluding hydrogens is 586 g/mol. The number of nitrogens with zero attached hydrogens (tertiary/aromatic N) is 3. The first-order valence-corrected chi connectivity index (χ1v) is 14.2. The second-order valence-corrected chi connectivity index (χ2v) is 11.3. The van der Waals surface area contributed by atoms with Gasteiger partial charge in [0.15, 0.2) is 17.8 Å². The molecule has 0 aromatic heterocycles. The number of carbonyl (C=O) groups excluding carboxylic acids is 1. The molecule has 1 aromatic carbocycles. The Balaban J connectivity index is 0.000000488. The lowest BCUT2D eigenvalue weighted by Gasteiger charge is -2.43. The molecule has 16 nitrogen and oxygen atoms in total. The van der Waals surface area contributed by atoms with Gasteiger partial charge in [-0.2, -0.15) is 0 Å². The van der Waals surface area contributed by atoms with E-state index in [1.165, 1.54) is 31.6 Å². The number of hydrogen-bond donors (Lipinski definition) is 6. The van der Waals surface area contributed by atoms with Gasteiger partial charge in [-0.15, -0.1) is 0 Å². The summed E-state index contributed by atoms with van der Waals surface area (Å²) in [6.45, 7) is 3.77. The highest BCUT2D eigenvalue weighted by molar-refractivity contribution is 5.90. The molecule has 4 aliphatic rings. The number of epoxide rings is 1. The highest BCUT2D eigenvalue weighted by Crippen LogP contribution is 2.60. The average Bonchev–Trinajstić information content (AvgIpc) is 3.69. The molecule has 0 amide bonds. The van der Waals surface area contributed by atoms with Crippen molar-refractivity contribution in [3.63, 3.8) is 0 Å². The number of carbonyl (C=O) groups is 1. The van der Waals surface area contributed by atoms with Crippen LogP contribution in [0.2, 0.25) is 0 Å². The molecule has 11 atom stereocenters. The lowest BCUT2D eigenvalue weighted by molar-refractivity contribution is -0.344. The summed E-state index contributed by atoms with van der Waals surface area (Å²) in [4.78, 5) is 15.5. The molecule has 0 radical (unpaired) electrons. The summed E-state index contributed by atoms with van der Waals surface area (Å²) in [5.41, 5.74) is 6.81. The topological polar surface area (TPSA) is 246 Å². The summed E-state index contributed by atoms with van der Waals surface area (Å²) in [5.74, 6) is -1.31. The number of hydrogen-bond acceptors (Lipinski definition) is 14. The molecule has 3 aliphatic heterocycles. The van der Waals surface area contributed by atoms with E-state index in [0.29, 0.717) is 12.5 Å². The van der Waals surface area contributed by atoms with Gasteiger partial charge in [-0.1, -0.05) is 19.0 Å². The molecule has 1 saturated carbocycles.